The molecule has 0 atom stereocenters. The number of carboxylic acids is 1. The van der Waals surface area contributed by atoms with E-state index in [1.54, 1.807) is 0 Å². The second-order valence-corrected chi connectivity index (χ2v) is 0.492. The van der Waals surface area contributed by atoms with Crippen LogP contribution in [0.2, 0.25) is 0 Å². The first kappa shape index (κ1) is 25.9. The normalized spacial score (nSPS) is 3.57. The van der Waals surface area contributed by atoms with Crippen LogP contribution >= 0.6 is 12.4 Å². The molecular weight excluding hydrogens is 130 g/mol. The van der Waals surface area contributed by atoms with Gasteiger partial charge in [-0.15, -0.1) is 12.4 Å². The average molecular weight is 137 g/mol. The molecule has 0 fully saturated rings. The minimum Gasteiger partial charge on any atom is -0.550 e. The van der Waals surface area contributed by atoms with Crippen molar-refractivity contribution in [3.05, 3.63) is 0 Å². The van der Waals surface area contributed by atoms with Gasteiger partial charge < -0.3 is 16.1 Å². The van der Waals surface area contributed by atoms with Gasteiger partial charge in [-0.1, -0.05) is 0 Å². The fraction of sp³-hybridized carbons (Fsp3) is 0.500. The van der Waals surface area contributed by atoms with Gasteiger partial charge in [0.1, 0.15) is 0 Å². The van der Waals surface area contributed by atoms with Crippen LogP contribution in [0.5, 0.6) is 0 Å². The third-order valence-electron chi connectivity index (χ3n) is 0. The van der Waals surface area contributed by atoms with Crippen LogP contribution in [0.1, 0.15) is 6.92 Å². The first-order valence-electron chi connectivity index (χ1n) is 0.908. The maximum Gasteiger partial charge on any atom is 1.00 e. The maximum atomic E-state index is 8.89. The molecular formula is C2H7ClMgNO2. The molecule has 41 valence electrons. The second-order valence-electron chi connectivity index (χ2n) is 0.492. The van der Waals surface area contributed by atoms with Gasteiger partial charge in [-0.2, -0.15) is 0 Å². The van der Waals surface area contributed by atoms with E-state index in [-0.39, 0.29) is 41.6 Å². The van der Waals surface area contributed by atoms with Gasteiger partial charge in [-0.25, -0.2) is 0 Å². The molecule has 7 heavy (non-hydrogen) atoms. The summed E-state index contributed by atoms with van der Waals surface area (Å²) in [5, 5.41) is 8.89. The van der Waals surface area contributed by atoms with E-state index in [2.05, 4.69) is 0 Å². The largest absolute Gasteiger partial charge is 1.00 e. The number of hydrogen-bond donors (Lipinski definition) is 1. The Morgan fingerprint density at radius 2 is 1.57 bits per heavy atom. The van der Waals surface area contributed by atoms with Crippen molar-refractivity contribution in [2.75, 3.05) is 0 Å². The molecule has 0 saturated carbocycles. The topological polar surface area (TPSA) is 75.1 Å². The monoisotopic (exact) mass is 136 g/mol. The van der Waals surface area contributed by atoms with Crippen LogP contribution < -0.4 is 11.3 Å². The summed E-state index contributed by atoms with van der Waals surface area (Å²) in [7, 11) is 0. The van der Waals surface area contributed by atoms with Crippen LogP contribution in [0.4, 0.5) is 0 Å². The van der Waals surface area contributed by atoms with E-state index in [0.29, 0.717) is 0 Å². The van der Waals surface area contributed by atoms with Crippen molar-refractivity contribution in [1.29, 1.82) is 0 Å². The summed E-state index contributed by atoms with van der Waals surface area (Å²) in [6, 6.07) is 0. The van der Waals surface area contributed by atoms with Gasteiger partial charge in [0.2, 0.25) is 0 Å². The number of rotatable bonds is 0. The summed E-state index contributed by atoms with van der Waals surface area (Å²) >= 11 is 0. The van der Waals surface area contributed by atoms with Crippen molar-refractivity contribution in [3.63, 3.8) is 0 Å². The zero-order chi connectivity index (χ0) is 3.58. The Balaban J connectivity index is -0.0000000150. The molecule has 0 saturated heterocycles. The van der Waals surface area contributed by atoms with Gasteiger partial charge in [0.15, 0.2) is 0 Å². The van der Waals surface area contributed by atoms with Crippen LogP contribution in [-0.2, 0) is 4.79 Å². The Hall–Kier alpha value is 0.486. The number of halogens is 1. The van der Waals surface area contributed by atoms with Crippen molar-refractivity contribution >= 4 is 41.4 Å². The maximum absolute atomic E-state index is 8.89. The van der Waals surface area contributed by atoms with E-state index in [0.717, 1.165) is 6.92 Å². The summed E-state index contributed by atoms with van der Waals surface area (Å²) in [5.74, 6) is -1.08. The van der Waals surface area contributed by atoms with Crippen LogP contribution in [0, 0.1) is 0 Å². The van der Waals surface area contributed by atoms with Crippen LogP contribution in [-0.4, -0.2) is 29.0 Å². The van der Waals surface area contributed by atoms with E-state index in [4.69, 9.17) is 9.90 Å². The molecule has 0 unspecified atom stereocenters. The molecule has 0 aromatic carbocycles. The van der Waals surface area contributed by atoms with Crippen molar-refractivity contribution in [3.8, 4) is 0 Å². The Morgan fingerprint density at radius 3 is 1.57 bits per heavy atom. The molecule has 0 aliphatic carbocycles. The van der Waals surface area contributed by atoms with E-state index in [9.17, 15) is 0 Å². The first-order valence-corrected chi connectivity index (χ1v) is 0.908. The zero-order valence-electron chi connectivity index (χ0n) is 4.14. The minimum absolute atomic E-state index is 0. The first-order chi connectivity index (χ1) is 1.73. The molecule has 3 nitrogen and oxygen atoms in total. The van der Waals surface area contributed by atoms with Crippen LogP contribution in [0.25, 0.3) is 0 Å². The number of aliphatic carboxylic acids is 1. The van der Waals surface area contributed by atoms with Crippen molar-refractivity contribution in [1.82, 2.24) is 6.15 Å². The van der Waals surface area contributed by atoms with E-state index in [1.807, 2.05) is 0 Å². The van der Waals surface area contributed by atoms with Gasteiger partial charge >= 0.3 is 23.1 Å². The SMILES string of the molecule is CC(=O)[O-].Cl.N.[Mg+]. The quantitative estimate of drug-likeness (QED) is 0.433. The Labute approximate surface area is 64.6 Å². The van der Waals surface area contributed by atoms with E-state index in [1.165, 1.54) is 0 Å². The molecule has 0 aromatic rings. The summed E-state index contributed by atoms with van der Waals surface area (Å²) in [4.78, 5) is 8.89. The van der Waals surface area contributed by atoms with Crippen molar-refractivity contribution in [2.24, 2.45) is 0 Å². The standard InChI is InChI=1S/C2H4O2.ClH.Mg.H3N/c1-2(3)4;;;/h1H3,(H,3,4);1H;;1H3/q;;+1;/p-1. The van der Waals surface area contributed by atoms with E-state index < -0.39 is 5.97 Å². The Bertz CT molecular complexity index is 38.7. The van der Waals surface area contributed by atoms with Crippen LogP contribution in [0.15, 0.2) is 0 Å². The van der Waals surface area contributed by atoms with Gasteiger partial charge in [-0.05, 0) is 6.92 Å². The third kappa shape index (κ3) is 552. The molecule has 0 aromatic heterocycles. The Kier molecular flexibility index (Phi) is 59.5. The molecule has 0 bridgehead atoms. The fourth-order valence-electron chi connectivity index (χ4n) is 0. The van der Waals surface area contributed by atoms with Crippen molar-refractivity contribution in [2.45, 2.75) is 6.92 Å². The molecule has 0 rings (SSSR count). The zero-order valence-corrected chi connectivity index (χ0v) is 6.37. The fourth-order valence-corrected chi connectivity index (χ4v) is 0. The van der Waals surface area contributed by atoms with Gasteiger partial charge in [-0.3, -0.25) is 0 Å². The average Bonchev–Trinajstić information content (AvgIpc) is 0.811. The number of hydrogen-bond acceptors (Lipinski definition) is 3. The smallest absolute Gasteiger partial charge is 0.550 e. The predicted octanol–water partition coefficient (Wildman–Crippen LogP) is -1.04. The summed E-state index contributed by atoms with van der Waals surface area (Å²) in [6.07, 6.45) is 0. The third-order valence-corrected chi connectivity index (χ3v) is 0. The van der Waals surface area contributed by atoms with Gasteiger partial charge in [0.05, 0.1) is 0 Å². The Morgan fingerprint density at radius 1 is 1.57 bits per heavy atom. The predicted molar refractivity (Wildman–Crippen MR) is 28.7 cm³/mol. The van der Waals surface area contributed by atoms with Gasteiger partial charge in [0.25, 0.3) is 0 Å². The van der Waals surface area contributed by atoms with Crippen LogP contribution in [0.3, 0.4) is 0 Å². The molecule has 0 aliphatic heterocycles. The molecule has 0 heterocycles. The summed E-state index contributed by atoms with van der Waals surface area (Å²) in [5.41, 5.74) is 0. The molecule has 5 heteroatoms. The van der Waals surface area contributed by atoms with Crippen molar-refractivity contribution < 1.29 is 9.90 Å². The molecule has 0 aliphatic rings. The van der Waals surface area contributed by atoms with E-state index >= 15 is 0 Å². The number of carboxylic acid groups (broad SMARTS) is 1. The number of carbonyl (C=O) groups excluding carboxylic acids is 1. The minimum atomic E-state index is -1.08. The second kappa shape index (κ2) is 16.1. The van der Waals surface area contributed by atoms with Gasteiger partial charge in [0, 0.05) is 5.97 Å². The molecule has 0 amide bonds. The molecule has 1 radical (unpaired) electrons. The number of carbonyl (C=O) groups is 1. The molecule has 3 N–H and O–H groups in total. The summed E-state index contributed by atoms with van der Waals surface area (Å²) in [6.45, 7) is 0.972. The molecule has 0 spiro atoms. The summed E-state index contributed by atoms with van der Waals surface area (Å²) < 4.78 is 0.